The van der Waals surface area contributed by atoms with Crippen LogP contribution in [0.3, 0.4) is 0 Å². The molecule has 19 heavy (non-hydrogen) atoms. The summed E-state index contributed by atoms with van der Waals surface area (Å²) in [7, 11) is 0. The van der Waals surface area contributed by atoms with Gasteiger partial charge < -0.3 is 0 Å². The predicted octanol–water partition coefficient (Wildman–Crippen LogP) is 3.81. The molecular weight excluding hydrogens is 239 g/mol. The molecule has 2 rings (SSSR count). The van der Waals surface area contributed by atoms with E-state index in [4.69, 9.17) is 0 Å². The minimum absolute atomic E-state index is 0.0347. The number of halogens is 1. The fourth-order valence-electron chi connectivity index (χ4n) is 1.94. The van der Waals surface area contributed by atoms with E-state index in [0.717, 1.165) is 17.7 Å². The van der Waals surface area contributed by atoms with Gasteiger partial charge in [0.2, 0.25) is 5.95 Å². The normalized spacial score (nSPS) is 11.6. The Bertz CT molecular complexity index is 586. The van der Waals surface area contributed by atoms with Gasteiger partial charge in [-0.2, -0.15) is 4.39 Å². The van der Waals surface area contributed by atoms with E-state index < -0.39 is 5.95 Å². The van der Waals surface area contributed by atoms with Crippen molar-refractivity contribution >= 4 is 0 Å². The first-order chi connectivity index (χ1) is 8.86. The zero-order chi connectivity index (χ0) is 14.0. The number of hydrogen-bond acceptors (Lipinski definition) is 2. The van der Waals surface area contributed by atoms with Crippen LogP contribution in [0.5, 0.6) is 0 Å². The molecule has 0 saturated heterocycles. The first-order valence-corrected chi connectivity index (χ1v) is 6.43. The van der Waals surface area contributed by atoms with Crippen molar-refractivity contribution in [3.8, 4) is 0 Å². The molecule has 0 atom stereocenters. The average molecular weight is 258 g/mol. The van der Waals surface area contributed by atoms with Crippen molar-refractivity contribution in [2.24, 2.45) is 0 Å². The maximum Gasteiger partial charge on any atom is 0.215 e. The van der Waals surface area contributed by atoms with Gasteiger partial charge >= 0.3 is 0 Å². The fraction of sp³-hybridized carbons (Fsp3) is 0.375. The number of aromatic nitrogens is 2. The van der Waals surface area contributed by atoms with Crippen LogP contribution in [0.2, 0.25) is 0 Å². The fourth-order valence-corrected chi connectivity index (χ4v) is 1.94. The largest absolute Gasteiger partial charge is 0.261 e. The van der Waals surface area contributed by atoms with Gasteiger partial charge in [-0.3, -0.25) is 4.98 Å². The summed E-state index contributed by atoms with van der Waals surface area (Å²) in [4.78, 5) is 8.17. The van der Waals surface area contributed by atoms with Crippen molar-refractivity contribution in [3.63, 3.8) is 0 Å². The number of aryl methyl sites for hydroxylation is 1. The molecule has 0 spiro atoms. The highest BCUT2D eigenvalue weighted by atomic mass is 19.1. The maximum atomic E-state index is 13.1. The summed E-state index contributed by atoms with van der Waals surface area (Å²) in [6, 6.07) is 5.95. The van der Waals surface area contributed by atoms with Gasteiger partial charge in [0.15, 0.2) is 0 Å². The second-order valence-corrected chi connectivity index (χ2v) is 5.93. The molecule has 0 aliphatic carbocycles. The average Bonchev–Trinajstić information content (AvgIpc) is 2.33. The number of hydrogen-bond donors (Lipinski definition) is 0. The van der Waals surface area contributed by atoms with Crippen LogP contribution >= 0.6 is 0 Å². The summed E-state index contributed by atoms with van der Waals surface area (Å²) >= 11 is 0. The van der Waals surface area contributed by atoms with Gasteiger partial charge in [0, 0.05) is 29.1 Å². The Labute approximate surface area is 113 Å². The molecule has 0 aliphatic rings. The van der Waals surface area contributed by atoms with E-state index in [1.54, 1.807) is 13.1 Å². The molecule has 2 aromatic heterocycles. The number of rotatable bonds is 2. The second-order valence-electron chi connectivity index (χ2n) is 5.93. The zero-order valence-electron chi connectivity index (χ0n) is 11.9. The van der Waals surface area contributed by atoms with Crippen LogP contribution in [0, 0.1) is 12.9 Å². The standard InChI is InChI=1S/C16H19FN2/c1-11-7-13(10-19-15(11)17)8-12-5-6-18-14(9-12)16(2,3)4/h5-7,9-10H,8H2,1-4H3. The third-order valence-corrected chi connectivity index (χ3v) is 3.07. The Balaban J connectivity index is 2.26. The highest BCUT2D eigenvalue weighted by molar-refractivity contribution is 5.28. The minimum atomic E-state index is -0.395. The molecule has 0 fully saturated rings. The SMILES string of the molecule is Cc1cc(Cc2ccnc(C(C)(C)C)c2)cnc1F. The first-order valence-electron chi connectivity index (χ1n) is 6.43. The third kappa shape index (κ3) is 3.37. The third-order valence-electron chi connectivity index (χ3n) is 3.07. The van der Waals surface area contributed by atoms with E-state index >= 15 is 0 Å². The lowest BCUT2D eigenvalue weighted by Crippen LogP contribution is -2.13. The summed E-state index contributed by atoms with van der Waals surface area (Å²) in [6.45, 7) is 8.16. The zero-order valence-corrected chi connectivity index (χ0v) is 11.9. The van der Waals surface area contributed by atoms with E-state index in [-0.39, 0.29) is 5.41 Å². The molecule has 2 heterocycles. The molecule has 0 aromatic carbocycles. The smallest absolute Gasteiger partial charge is 0.215 e. The van der Waals surface area contributed by atoms with Gasteiger partial charge in [-0.1, -0.05) is 20.8 Å². The van der Waals surface area contributed by atoms with E-state index in [0.29, 0.717) is 5.56 Å². The second kappa shape index (κ2) is 5.08. The van der Waals surface area contributed by atoms with E-state index in [9.17, 15) is 4.39 Å². The Morgan fingerprint density at radius 1 is 1.11 bits per heavy atom. The van der Waals surface area contributed by atoms with Gasteiger partial charge in [0.25, 0.3) is 0 Å². The molecule has 100 valence electrons. The molecular formula is C16H19FN2. The van der Waals surface area contributed by atoms with Crippen LogP contribution in [-0.4, -0.2) is 9.97 Å². The van der Waals surface area contributed by atoms with Gasteiger partial charge in [-0.05, 0) is 42.7 Å². The monoisotopic (exact) mass is 258 g/mol. The summed E-state index contributed by atoms with van der Waals surface area (Å²) in [5.74, 6) is -0.395. The highest BCUT2D eigenvalue weighted by Gasteiger charge is 2.15. The highest BCUT2D eigenvalue weighted by Crippen LogP contribution is 2.21. The van der Waals surface area contributed by atoms with Crippen molar-refractivity contribution in [1.29, 1.82) is 0 Å². The molecule has 0 amide bonds. The van der Waals surface area contributed by atoms with Gasteiger partial charge in [-0.25, -0.2) is 4.98 Å². The van der Waals surface area contributed by atoms with Crippen LogP contribution in [0.25, 0.3) is 0 Å². The van der Waals surface area contributed by atoms with Gasteiger partial charge in [0.1, 0.15) is 0 Å². The summed E-state index contributed by atoms with van der Waals surface area (Å²) in [5, 5.41) is 0. The quantitative estimate of drug-likeness (QED) is 0.765. The molecule has 0 radical (unpaired) electrons. The summed E-state index contributed by atoms with van der Waals surface area (Å²) < 4.78 is 13.1. The van der Waals surface area contributed by atoms with Crippen LogP contribution in [0.15, 0.2) is 30.6 Å². The van der Waals surface area contributed by atoms with Gasteiger partial charge in [0.05, 0.1) is 0 Å². The molecule has 2 aromatic rings. The Kier molecular flexibility index (Phi) is 3.65. The maximum absolute atomic E-state index is 13.1. The van der Waals surface area contributed by atoms with Crippen molar-refractivity contribution in [2.75, 3.05) is 0 Å². The van der Waals surface area contributed by atoms with Gasteiger partial charge in [-0.15, -0.1) is 0 Å². The predicted molar refractivity (Wildman–Crippen MR) is 74.7 cm³/mol. The molecule has 0 bridgehead atoms. The topological polar surface area (TPSA) is 25.8 Å². The molecule has 0 aliphatic heterocycles. The van der Waals surface area contributed by atoms with Crippen LogP contribution in [-0.2, 0) is 11.8 Å². The van der Waals surface area contributed by atoms with Crippen molar-refractivity contribution in [2.45, 2.75) is 39.5 Å². The van der Waals surface area contributed by atoms with Crippen molar-refractivity contribution in [1.82, 2.24) is 9.97 Å². The summed E-state index contributed by atoms with van der Waals surface area (Å²) in [5.41, 5.74) is 3.88. The lowest BCUT2D eigenvalue weighted by Gasteiger charge is -2.18. The molecule has 2 nitrogen and oxygen atoms in total. The van der Waals surface area contributed by atoms with Crippen LogP contribution in [0.1, 0.15) is 43.2 Å². The van der Waals surface area contributed by atoms with Crippen LogP contribution in [0.4, 0.5) is 4.39 Å². The summed E-state index contributed by atoms with van der Waals surface area (Å²) in [6.07, 6.45) is 4.18. The Morgan fingerprint density at radius 2 is 1.84 bits per heavy atom. The Morgan fingerprint density at radius 3 is 2.47 bits per heavy atom. The van der Waals surface area contributed by atoms with Crippen molar-refractivity contribution < 1.29 is 4.39 Å². The van der Waals surface area contributed by atoms with E-state index in [1.807, 2.05) is 18.3 Å². The number of nitrogens with zero attached hydrogens (tertiary/aromatic N) is 2. The Hall–Kier alpha value is -1.77. The lowest BCUT2D eigenvalue weighted by molar-refractivity contribution is 0.567. The first kappa shape index (κ1) is 13.7. The molecule has 0 saturated carbocycles. The molecule has 3 heteroatoms. The number of pyridine rings is 2. The van der Waals surface area contributed by atoms with Crippen LogP contribution < -0.4 is 0 Å². The minimum Gasteiger partial charge on any atom is -0.261 e. The molecule has 0 N–H and O–H groups in total. The lowest BCUT2D eigenvalue weighted by atomic mass is 9.90. The van der Waals surface area contributed by atoms with Crippen molar-refractivity contribution in [3.05, 3.63) is 58.9 Å². The van der Waals surface area contributed by atoms with E-state index in [2.05, 4.69) is 36.8 Å². The molecule has 0 unspecified atom stereocenters. The van der Waals surface area contributed by atoms with E-state index in [1.165, 1.54) is 5.56 Å².